The fraction of sp³-hybridized carbons (Fsp3) is 0.435. The van der Waals surface area contributed by atoms with Crippen LogP contribution in [-0.4, -0.2) is 76.8 Å². The minimum absolute atomic E-state index is 0.146. The van der Waals surface area contributed by atoms with Crippen LogP contribution in [0.25, 0.3) is 0 Å². The van der Waals surface area contributed by atoms with Gasteiger partial charge in [-0.1, -0.05) is 6.07 Å². The lowest BCUT2D eigenvalue weighted by molar-refractivity contribution is -0.00849. The average Bonchev–Trinajstić information content (AvgIpc) is 2.82. The number of nitrogens with one attached hydrogen (secondary N) is 2. The van der Waals surface area contributed by atoms with Gasteiger partial charge in [-0.2, -0.15) is 0 Å². The van der Waals surface area contributed by atoms with Crippen LogP contribution >= 0.6 is 0 Å². The highest BCUT2D eigenvalue weighted by Gasteiger charge is 2.44. The Hall–Kier alpha value is -3.17. The van der Waals surface area contributed by atoms with Gasteiger partial charge in [-0.25, -0.2) is 4.98 Å². The predicted octanol–water partition coefficient (Wildman–Crippen LogP) is 1.07. The number of hydrogen-bond acceptors (Lipinski definition) is 7. The Bertz CT molecular complexity index is 1030. The molecule has 32 heavy (non-hydrogen) atoms. The van der Waals surface area contributed by atoms with E-state index < -0.39 is 6.35 Å². The van der Waals surface area contributed by atoms with Gasteiger partial charge < -0.3 is 20.6 Å². The second-order valence-corrected chi connectivity index (χ2v) is 8.59. The van der Waals surface area contributed by atoms with E-state index in [1.807, 2.05) is 31.2 Å². The van der Waals surface area contributed by atoms with E-state index in [0.717, 1.165) is 30.9 Å². The molecule has 4 aliphatic heterocycles. The lowest BCUT2D eigenvalue weighted by atomic mass is 9.86. The van der Waals surface area contributed by atoms with Gasteiger partial charge in [0.25, 0.3) is 11.8 Å². The third kappa shape index (κ3) is 3.47. The van der Waals surface area contributed by atoms with E-state index in [9.17, 15) is 14.7 Å². The van der Waals surface area contributed by atoms with Crippen LogP contribution in [0.2, 0.25) is 0 Å². The molecule has 168 valence electrons. The van der Waals surface area contributed by atoms with E-state index in [1.54, 1.807) is 19.3 Å². The van der Waals surface area contributed by atoms with Gasteiger partial charge in [-0.15, -0.1) is 0 Å². The van der Waals surface area contributed by atoms with E-state index >= 15 is 0 Å². The maximum Gasteiger partial charge on any atom is 0.269 e. The van der Waals surface area contributed by atoms with Gasteiger partial charge in [-0.05, 0) is 43.2 Å². The molecule has 9 nitrogen and oxygen atoms in total. The number of amides is 2. The Labute approximate surface area is 187 Å². The van der Waals surface area contributed by atoms with Crippen molar-refractivity contribution < 1.29 is 14.7 Å². The number of aromatic nitrogens is 1. The van der Waals surface area contributed by atoms with Crippen molar-refractivity contribution in [2.24, 2.45) is 0 Å². The van der Waals surface area contributed by atoms with Crippen molar-refractivity contribution in [2.75, 3.05) is 36.9 Å². The Morgan fingerprint density at radius 2 is 2.03 bits per heavy atom. The van der Waals surface area contributed by atoms with Gasteiger partial charge in [0.1, 0.15) is 5.69 Å². The monoisotopic (exact) mass is 436 g/mol. The van der Waals surface area contributed by atoms with E-state index in [1.165, 1.54) is 11.3 Å². The summed E-state index contributed by atoms with van der Waals surface area (Å²) in [7, 11) is 1.60. The number of pyridine rings is 1. The first-order valence-electron chi connectivity index (χ1n) is 11.1. The first kappa shape index (κ1) is 20.7. The molecule has 2 amide bonds. The zero-order valence-electron chi connectivity index (χ0n) is 18.3. The zero-order chi connectivity index (χ0) is 22.4. The summed E-state index contributed by atoms with van der Waals surface area (Å²) < 4.78 is 0. The predicted molar refractivity (Wildman–Crippen MR) is 120 cm³/mol. The largest absolute Gasteiger partial charge is 0.367 e. The van der Waals surface area contributed by atoms with Crippen molar-refractivity contribution in [2.45, 2.75) is 38.3 Å². The maximum atomic E-state index is 12.5. The molecular formula is C23H28N6O3. The van der Waals surface area contributed by atoms with Crippen LogP contribution in [0.5, 0.6) is 0 Å². The summed E-state index contributed by atoms with van der Waals surface area (Å²) in [6, 6.07) is 10.5. The van der Waals surface area contributed by atoms with Crippen molar-refractivity contribution in [1.82, 2.24) is 20.1 Å². The van der Waals surface area contributed by atoms with E-state index in [-0.39, 0.29) is 11.8 Å². The number of aliphatic hydroxyl groups excluding tert-OH is 1. The third-order valence-corrected chi connectivity index (χ3v) is 6.78. The molecule has 5 heterocycles. The summed E-state index contributed by atoms with van der Waals surface area (Å²) in [5.41, 5.74) is 3.88. The molecule has 0 spiro atoms. The summed E-state index contributed by atoms with van der Waals surface area (Å²) in [6.45, 7) is 4.95. The smallest absolute Gasteiger partial charge is 0.269 e. The first-order valence-corrected chi connectivity index (χ1v) is 11.1. The lowest BCUT2D eigenvalue weighted by Gasteiger charge is -2.57. The van der Waals surface area contributed by atoms with Gasteiger partial charge in [0.2, 0.25) is 6.35 Å². The molecule has 3 saturated heterocycles. The molecule has 2 bridgehead atoms. The number of carbonyl (C=O) groups excluding carboxylic acids is 2. The topological polar surface area (TPSA) is 101 Å². The molecule has 4 aliphatic rings. The van der Waals surface area contributed by atoms with Crippen LogP contribution in [0.15, 0.2) is 36.5 Å². The Morgan fingerprint density at radius 3 is 2.69 bits per heavy atom. The zero-order valence-corrected chi connectivity index (χ0v) is 18.3. The highest BCUT2D eigenvalue weighted by atomic mass is 16.3. The summed E-state index contributed by atoms with van der Waals surface area (Å²) >= 11 is 0. The highest BCUT2D eigenvalue weighted by molar-refractivity contribution is 6.01. The van der Waals surface area contributed by atoms with Gasteiger partial charge in [0.05, 0.1) is 23.1 Å². The number of benzene rings is 1. The number of piperidine rings is 1. The summed E-state index contributed by atoms with van der Waals surface area (Å²) in [5, 5.41) is 15.8. The van der Waals surface area contributed by atoms with Crippen LogP contribution in [0.1, 0.15) is 39.8 Å². The highest BCUT2D eigenvalue weighted by Crippen LogP contribution is 2.36. The van der Waals surface area contributed by atoms with Crippen molar-refractivity contribution >= 4 is 23.2 Å². The van der Waals surface area contributed by atoms with E-state index in [0.29, 0.717) is 35.6 Å². The molecule has 0 aliphatic carbocycles. The molecule has 3 atom stereocenters. The van der Waals surface area contributed by atoms with E-state index in [2.05, 4.69) is 25.4 Å². The van der Waals surface area contributed by atoms with Gasteiger partial charge >= 0.3 is 0 Å². The number of fused-ring (bicyclic) bond motifs is 3. The Morgan fingerprint density at radius 1 is 1.25 bits per heavy atom. The molecule has 1 aromatic heterocycles. The molecule has 0 radical (unpaired) electrons. The van der Waals surface area contributed by atoms with Crippen LogP contribution in [-0.2, 0) is 6.54 Å². The summed E-state index contributed by atoms with van der Waals surface area (Å²) in [6.07, 6.45) is 1.96. The molecule has 3 fully saturated rings. The van der Waals surface area contributed by atoms with Crippen molar-refractivity contribution in [3.05, 3.63) is 53.3 Å². The lowest BCUT2D eigenvalue weighted by Crippen LogP contribution is -2.68. The van der Waals surface area contributed by atoms with E-state index in [4.69, 9.17) is 0 Å². The molecule has 2 aromatic rings. The van der Waals surface area contributed by atoms with Crippen molar-refractivity contribution in [3.8, 4) is 0 Å². The Kier molecular flexibility index (Phi) is 5.22. The van der Waals surface area contributed by atoms with Crippen LogP contribution in [0.3, 0.4) is 0 Å². The average molecular weight is 437 g/mol. The maximum absolute atomic E-state index is 12.5. The van der Waals surface area contributed by atoms with Gasteiger partial charge in [0, 0.05) is 45.3 Å². The SMILES string of the molecule is CCN1C(=O)c2ccc(CN3C4CC3CN(c3ccc(C(=O)NC)nc3)C4)cc2NC1O. The molecule has 3 unspecified atom stereocenters. The van der Waals surface area contributed by atoms with Crippen molar-refractivity contribution in [1.29, 1.82) is 0 Å². The minimum atomic E-state index is -0.990. The van der Waals surface area contributed by atoms with Gasteiger partial charge in [0.15, 0.2) is 0 Å². The number of carbonyl (C=O) groups is 2. The number of nitrogens with zero attached hydrogens (tertiary/aromatic N) is 4. The third-order valence-electron chi connectivity index (χ3n) is 6.78. The van der Waals surface area contributed by atoms with Crippen LogP contribution in [0.4, 0.5) is 11.4 Å². The molecule has 9 heteroatoms. The fourth-order valence-electron chi connectivity index (χ4n) is 5.00. The molecule has 0 saturated carbocycles. The first-order chi connectivity index (χ1) is 15.5. The van der Waals surface area contributed by atoms with Crippen LogP contribution in [0, 0.1) is 0 Å². The summed E-state index contributed by atoms with van der Waals surface area (Å²) in [5.74, 6) is -0.326. The number of rotatable bonds is 5. The number of aliphatic hydroxyl groups is 1. The quantitative estimate of drug-likeness (QED) is 0.645. The number of anilines is 2. The second kappa shape index (κ2) is 8.07. The van der Waals surface area contributed by atoms with Crippen molar-refractivity contribution in [3.63, 3.8) is 0 Å². The molecule has 3 N–H and O–H groups in total. The minimum Gasteiger partial charge on any atom is -0.367 e. The van der Waals surface area contributed by atoms with Gasteiger partial charge in [-0.3, -0.25) is 19.4 Å². The number of piperazine rings is 1. The van der Waals surface area contributed by atoms with Crippen LogP contribution < -0.4 is 15.5 Å². The molecule has 6 rings (SSSR count). The molecule has 1 aromatic carbocycles. The molecular weight excluding hydrogens is 408 g/mol. The normalized spacial score (nSPS) is 24.5. The summed E-state index contributed by atoms with van der Waals surface area (Å²) in [4.78, 5) is 34.8. The number of hydrogen-bond donors (Lipinski definition) is 3. The fourth-order valence-corrected chi connectivity index (χ4v) is 5.00. The second-order valence-electron chi connectivity index (χ2n) is 8.59. The Balaban J connectivity index is 1.24. The standard InChI is InChI=1S/C23H28N6O3/c1-3-28-22(31)18-6-4-14(8-20(18)26-23(28)32)11-29-16-9-17(29)13-27(12-16)15-5-7-19(25-10-15)21(30)24-2/h4-8,10,16-17,23,26,32H,3,9,11-13H2,1-2H3,(H,24,30).